The molecule has 0 saturated heterocycles. The molecule has 0 unspecified atom stereocenters. The number of hydrogen-bond acceptors (Lipinski definition) is 3. The minimum Gasteiger partial charge on any atom is -0.375 e. The number of fused-ring (bicyclic) bond motifs is 1. The van der Waals surface area contributed by atoms with Crippen LogP contribution in [0.1, 0.15) is 5.56 Å². The number of benzene rings is 2. The van der Waals surface area contributed by atoms with Gasteiger partial charge in [-0.25, -0.2) is 4.98 Å². The fourth-order valence-corrected chi connectivity index (χ4v) is 2.77. The monoisotopic (exact) mass is 294 g/mol. The van der Waals surface area contributed by atoms with Crippen molar-refractivity contribution in [2.75, 3.05) is 5.73 Å². The van der Waals surface area contributed by atoms with Crippen molar-refractivity contribution in [3.05, 3.63) is 48.0 Å². The van der Waals surface area contributed by atoms with E-state index in [-0.39, 0.29) is 0 Å². The highest BCUT2D eigenvalue weighted by atomic mass is 32.1. The number of halogens is 3. The van der Waals surface area contributed by atoms with Gasteiger partial charge in [0.05, 0.1) is 15.8 Å². The van der Waals surface area contributed by atoms with Crippen LogP contribution in [0.25, 0.3) is 21.3 Å². The normalized spacial score (nSPS) is 11.9. The average Bonchev–Trinajstić information content (AvgIpc) is 2.77. The Morgan fingerprint density at radius 3 is 2.50 bits per heavy atom. The van der Waals surface area contributed by atoms with E-state index in [9.17, 15) is 13.2 Å². The Hall–Kier alpha value is -2.08. The van der Waals surface area contributed by atoms with Gasteiger partial charge >= 0.3 is 6.18 Å². The van der Waals surface area contributed by atoms with E-state index < -0.39 is 11.7 Å². The van der Waals surface area contributed by atoms with Crippen LogP contribution in [0.15, 0.2) is 42.5 Å². The Kier molecular flexibility index (Phi) is 2.90. The van der Waals surface area contributed by atoms with Gasteiger partial charge in [0.2, 0.25) is 0 Å². The number of alkyl halides is 3. The summed E-state index contributed by atoms with van der Waals surface area (Å²) in [6, 6.07) is 10.6. The van der Waals surface area contributed by atoms with Gasteiger partial charge in [0.15, 0.2) is 5.13 Å². The van der Waals surface area contributed by atoms with Gasteiger partial charge < -0.3 is 5.73 Å². The maximum atomic E-state index is 12.7. The lowest BCUT2D eigenvalue weighted by molar-refractivity contribution is -0.137. The van der Waals surface area contributed by atoms with E-state index in [1.165, 1.54) is 17.4 Å². The Bertz CT molecular complexity index is 777. The summed E-state index contributed by atoms with van der Waals surface area (Å²) < 4.78 is 39.0. The number of anilines is 1. The molecule has 2 aromatic carbocycles. The van der Waals surface area contributed by atoms with E-state index in [1.54, 1.807) is 24.3 Å². The Balaban J connectivity index is 2.10. The van der Waals surface area contributed by atoms with Crippen LogP contribution < -0.4 is 5.73 Å². The van der Waals surface area contributed by atoms with Crippen LogP contribution in [0.4, 0.5) is 18.3 Å². The second-order valence-electron chi connectivity index (χ2n) is 4.31. The van der Waals surface area contributed by atoms with E-state index >= 15 is 0 Å². The molecule has 1 aromatic heterocycles. The molecule has 3 rings (SSSR count). The number of thiazole rings is 1. The molecule has 102 valence electrons. The van der Waals surface area contributed by atoms with E-state index in [2.05, 4.69) is 4.98 Å². The van der Waals surface area contributed by atoms with Crippen molar-refractivity contribution in [1.29, 1.82) is 0 Å². The first-order chi connectivity index (χ1) is 9.43. The second-order valence-corrected chi connectivity index (χ2v) is 5.38. The van der Waals surface area contributed by atoms with E-state index in [4.69, 9.17) is 5.73 Å². The van der Waals surface area contributed by atoms with Crippen molar-refractivity contribution in [2.45, 2.75) is 6.18 Å². The third-order valence-corrected chi connectivity index (χ3v) is 3.78. The van der Waals surface area contributed by atoms with Crippen molar-refractivity contribution in [3.63, 3.8) is 0 Å². The molecule has 3 aromatic rings. The molecule has 0 radical (unpaired) electrons. The van der Waals surface area contributed by atoms with Gasteiger partial charge in [-0.1, -0.05) is 29.5 Å². The number of nitrogens with zero attached hydrogens (tertiary/aromatic N) is 1. The summed E-state index contributed by atoms with van der Waals surface area (Å²) >= 11 is 1.32. The van der Waals surface area contributed by atoms with Crippen LogP contribution in [-0.2, 0) is 6.18 Å². The highest BCUT2D eigenvalue weighted by Crippen LogP contribution is 2.34. The van der Waals surface area contributed by atoms with Crippen molar-refractivity contribution in [2.24, 2.45) is 0 Å². The van der Waals surface area contributed by atoms with Crippen molar-refractivity contribution >= 4 is 26.7 Å². The molecule has 1 heterocycles. The number of nitrogens with two attached hydrogens (primary N) is 1. The van der Waals surface area contributed by atoms with Crippen LogP contribution in [-0.4, -0.2) is 4.98 Å². The minimum atomic E-state index is -4.34. The number of rotatable bonds is 1. The van der Waals surface area contributed by atoms with Gasteiger partial charge in [-0.3, -0.25) is 0 Å². The van der Waals surface area contributed by atoms with Crippen molar-refractivity contribution in [3.8, 4) is 11.1 Å². The molecule has 20 heavy (non-hydrogen) atoms. The highest BCUT2D eigenvalue weighted by Gasteiger charge is 2.30. The summed E-state index contributed by atoms with van der Waals surface area (Å²) in [6.45, 7) is 0. The standard InChI is InChI=1S/C14H9F3N2S/c15-14(16,17)10-3-1-2-8(6-10)9-4-5-11-12(7-9)20-13(18)19-11/h1-7H,(H2,18,19). The van der Waals surface area contributed by atoms with E-state index in [0.717, 1.165) is 22.3 Å². The van der Waals surface area contributed by atoms with Crippen LogP contribution in [0.3, 0.4) is 0 Å². The van der Waals surface area contributed by atoms with Crippen molar-refractivity contribution < 1.29 is 13.2 Å². The molecule has 0 aliphatic rings. The quantitative estimate of drug-likeness (QED) is 0.714. The second kappa shape index (κ2) is 4.49. The summed E-state index contributed by atoms with van der Waals surface area (Å²) in [5, 5.41) is 0.446. The summed E-state index contributed by atoms with van der Waals surface area (Å²) in [7, 11) is 0. The Morgan fingerprint density at radius 1 is 1.00 bits per heavy atom. The van der Waals surface area contributed by atoms with Crippen LogP contribution in [0.2, 0.25) is 0 Å². The maximum absolute atomic E-state index is 12.7. The predicted molar refractivity (Wildman–Crippen MR) is 74.5 cm³/mol. The Labute approximate surface area is 116 Å². The van der Waals surface area contributed by atoms with Crippen molar-refractivity contribution in [1.82, 2.24) is 4.98 Å². The molecule has 6 heteroatoms. The first-order valence-corrected chi connectivity index (χ1v) is 6.59. The molecule has 0 atom stereocenters. The Morgan fingerprint density at radius 2 is 1.75 bits per heavy atom. The van der Waals surface area contributed by atoms with Gasteiger partial charge in [0.1, 0.15) is 0 Å². The van der Waals surface area contributed by atoms with Gasteiger partial charge in [0, 0.05) is 0 Å². The third kappa shape index (κ3) is 2.34. The minimum absolute atomic E-state index is 0.446. The van der Waals surface area contributed by atoms with Gasteiger partial charge in [0.25, 0.3) is 0 Å². The molecule has 0 aliphatic heterocycles. The smallest absolute Gasteiger partial charge is 0.375 e. The van der Waals surface area contributed by atoms with Gasteiger partial charge in [-0.05, 0) is 35.4 Å². The zero-order valence-electron chi connectivity index (χ0n) is 10.1. The molecule has 0 spiro atoms. The molecule has 0 amide bonds. The zero-order valence-corrected chi connectivity index (χ0v) is 10.9. The fraction of sp³-hybridized carbons (Fsp3) is 0.0714. The maximum Gasteiger partial charge on any atom is 0.416 e. The number of hydrogen-bond donors (Lipinski definition) is 1. The van der Waals surface area contributed by atoms with Gasteiger partial charge in [-0.15, -0.1) is 0 Å². The molecule has 0 bridgehead atoms. The highest BCUT2D eigenvalue weighted by molar-refractivity contribution is 7.22. The SMILES string of the molecule is Nc1nc2ccc(-c3cccc(C(F)(F)F)c3)cc2s1. The lowest BCUT2D eigenvalue weighted by Crippen LogP contribution is -2.04. The lowest BCUT2D eigenvalue weighted by Gasteiger charge is -2.08. The summed E-state index contributed by atoms with van der Waals surface area (Å²) in [4.78, 5) is 4.12. The number of aromatic nitrogens is 1. The summed E-state index contributed by atoms with van der Waals surface area (Å²) in [6.07, 6.45) is -4.34. The summed E-state index contributed by atoms with van der Waals surface area (Å²) in [5.74, 6) is 0. The molecule has 2 nitrogen and oxygen atoms in total. The zero-order chi connectivity index (χ0) is 14.3. The number of nitrogen functional groups attached to an aromatic ring is 1. The fourth-order valence-electron chi connectivity index (χ4n) is 2.00. The topological polar surface area (TPSA) is 38.9 Å². The molecule has 0 saturated carbocycles. The first-order valence-electron chi connectivity index (χ1n) is 5.77. The first kappa shape index (κ1) is 12.9. The van der Waals surface area contributed by atoms with E-state index in [0.29, 0.717) is 16.3 Å². The molecule has 0 fully saturated rings. The predicted octanol–water partition coefficient (Wildman–Crippen LogP) is 4.56. The third-order valence-electron chi connectivity index (χ3n) is 2.93. The van der Waals surface area contributed by atoms with Crippen LogP contribution in [0.5, 0.6) is 0 Å². The lowest BCUT2D eigenvalue weighted by atomic mass is 10.0. The van der Waals surface area contributed by atoms with Crippen LogP contribution in [0, 0.1) is 0 Å². The summed E-state index contributed by atoms with van der Waals surface area (Å²) in [5.41, 5.74) is 6.96. The molecular formula is C14H9F3N2S. The van der Waals surface area contributed by atoms with Gasteiger partial charge in [-0.2, -0.15) is 13.2 Å². The largest absolute Gasteiger partial charge is 0.416 e. The van der Waals surface area contributed by atoms with E-state index in [1.807, 2.05) is 0 Å². The molecule has 0 aliphatic carbocycles. The van der Waals surface area contributed by atoms with Crippen LogP contribution >= 0.6 is 11.3 Å². The average molecular weight is 294 g/mol. The molecule has 2 N–H and O–H groups in total. The molecular weight excluding hydrogens is 285 g/mol.